The molecule has 2 heterocycles. The molecule has 0 aromatic carbocycles. The molecule has 0 aromatic heterocycles. The lowest BCUT2D eigenvalue weighted by molar-refractivity contribution is -0.598. The van der Waals surface area contributed by atoms with Crippen LogP contribution in [0, 0.1) is 0 Å². The summed E-state index contributed by atoms with van der Waals surface area (Å²) in [4.78, 5) is 19.3. The summed E-state index contributed by atoms with van der Waals surface area (Å²) in [5.41, 5.74) is 0. The van der Waals surface area contributed by atoms with E-state index in [2.05, 4.69) is 18.8 Å². The topological polar surface area (TPSA) is 29.8 Å². The van der Waals surface area contributed by atoms with Gasteiger partial charge in [0.25, 0.3) is 6.17 Å². The summed E-state index contributed by atoms with van der Waals surface area (Å²) in [6, 6.07) is 2.71. The Kier molecular flexibility index (Phi) is 6.99. The van der Waals surface area contributed by atoms with Gasteiger partial charge in [-0.05, 0) is 51.4 Å². The standard InChI is InChI=1S/C27H46N4OP/c32-27-28(21-13-5-1-6-14-21)25-26(29(27)22-15-7-2-8-16-22)31(24-19-11-4-12-20-24)33-30(25)23-17-9-3-10-18-23/h21-26H,1-20H2/q+1. The highest BCUT2D eigenvalue weighted by molar-refractivity contribution is 7.21. The number of hydrogen-bond acceptors (Lipinski definition) is 2. The monoisotopic (exact) mass is 473 g/mol. The van der Waals surface area contributed by atoms with Gasteiger partial charge in [-0.2, -0.15) is 9.00 Å². The molecule has 0 radical (unpaired) electrons. The number of carbonyl (C=O) groups excluding carboxylic acids is 1. The van der Waals surface area contributed by atoms with Crippen LogP contribution in [0.25, 0.3) is 0 Å². The molecular formula is C27H46N4OP+. The molecule has 2 atom stereocenters. The van der Waals surface area contributed by atoms with Crippen LogP contribution in [-0.2, 0) is 0 Å². The number of hydrogen-bond donors (Lipinski definition) is 0. The second kappa shape index (κ2) is 10.1. The Bertz CT molecular complexity index is 720. The van der Waals surface area contributed by atoms with Crippen LogP contribution in [-0.4, -0.2) is 61.3 Å². The quantitative estimate of drug-likeness (QED) is 0.408. The normalized spacial score (nSPS) is 34.7. The Balaban J connectivity index is 1.38. The number of carbonyl (C=O) groups is 1. The minimum absolute atomic E-state index is 0.300. The molecule has 0 spiro atoms. The van der Waals surface area contributed by atoms with Crippen molar-refractivity contribution in [3.8, 4) is 0 Å². The van der Waals surface area contributed by atoms with Crippen LogP contribution in [0.15, 0.2) is 0 Å². The molecule has 2 unspecified atom stereocenters. The molecular weight excluding hydrogens is 427 g/mol. The molecule has 33 heavy (non-hydrogen) atoms. The first-order valence-electron chi connectivity index (χ1n) is 14.7. The molecule has 6 heteroatoms. The van der Waals surface area contributed by atoms with Gasteiger partial charge in [0, 0.05) is 31.0 Å². The van der Waals surface area contributed by atoms with Crippen molar-refractivity contribution in [2.75, 3.05) is 0 Å². The fourth-order valence-electron chi connectivity index (χ4n) is 8.13. The Morgan fingerprint density at radius 3 is 1.58 bits per heavy atom. The van der Waals surface area contributed by atoms with Crippen LogP contribution in [0.5, 0.6) is 0 Å². The number of nitrogens with zero attached hydrogens (tertiary/aromatic N) is 4. The van der Waals surface area contributed by atoms with E-state index in [1.807, 2.05) is 0 Å². The lowest BCUT2D eigenvalue weighted by Gasteiger charge is -2.38. The highest BCUT2D eigenvalue weighted by Gasteiger charge is 2.64. The van der Waals surface area contributed by atoms with Gasteiger partial charge in [0.15, 0.2) is 12.2 Å². The lowest BCUT2D eigenvalue weighted by Crippen LogP contribution is -2.54. The molecule has 5 nitrogen and oxygen atoms in total. The molecule has 0 aromatic rings. The van der Waals surface area contributed by atoms with Crippen molar-refractivity contribution in [3.63, 3.8) is 0 Å². The van der Waals surface area contributed by atoms with Crippen molar-refractivity contribution in [1.82, 2.24) is 14.5 Å². The van der Waals surface area contributed by atoms with Crippen LogP contribution in [0.3, 0.4) is 0 Å². The zero-order valence-corrected chi connectivity index (χ0v) is 21.6. The van der Waals surface area contributed by atoms with E-state index in [9.17, 15) is 4.79 Å². The highest BCUT2D eigenvalue weighted by atomic mass is 31.1. The van der Waals surface area contributed by atoms with Crippen LogP contribution >= 0.6 is 8.52 Å². The van der Waals surface area contributed by atoms with Gasteiger partial charge in [-0.15, -0.1) is 0 Å². The number of urea groups is 1. The third-order valence-electron chi connectivity index (χ3n) is 9.86. The fourth-order valence-corrected chi connectivity index (χ4v) is 9.80. The van der Waals surface area contributed by atoms with Crippen molar-refractivity contribution in [2.24, 2.45) is 0 Å². The first kappa shape index (κ1) is 22.8. The summed E-state index contributed by atoms with van der Waals surface area (Å²) in [6.45, 7) is 0. The average molecular weight is 474 g/mol. The predicted molar refractivity (Wildman–Crippen MR) is 133 cm³/mol. The molecule has 184 valence electrons. The summed E-state index contributed by atoms with van der Waals surface area (Å²) >= 11 is 0. The number of rotatable bonds is 4. The molecule has 2 aliphatic heterocycles. The summed E-state index contributed by atoms with van der Waals surface area (Å²) in [7, 11) is 1.44. The van der Waals surface area contributed by atoms with E-state index in [0.717, 1.165) is 0 Å². The van der Waals surface area contributed by atoms with Crippen molar-refractivity contribution in [2.45, 2.75) is 165 Å². The van der Waals surface area contributed by atoms with Gasteiger partial charge in [0.1, 0.15) is 0 Å². The van der Waals surface area contributed by atoms with Gasteiger partial charge in [-0.3, -0.25) is 9.80 Å². The Morgan fingerprint density at radius 1 is 0.576 bits per heavy atom. The van der Waals surface area contributed by atoms with Gasteiger partial charge in [-0.1, -0.05) is 64.2 Å². The maximum atomic E-state index is 14.4. The Hall–Kier alpha value is -0.670. The van der Waals surface area contributed by atoms with E-state index in [1.54, 1.807) is 0 Å². The zero-order valence-electron chi connectivity index (χ0n) is 20.8. The minimum atomic E-state index is 0.300. The molecule has 0 bridgehead atoms. The summed E-state index contributed by atoms with van der Waals surface area (Å²) in [5.74, 6) is 0. The maximum absolute atomic E-state index is 14.4. The smallest absolute Gasteiger partial charge is 0.297 e. The molecule has 0 N–H and O–H groups in total. The fraction of sp³-hybridized carbons (Fsp3) is 0.963. The van der Waals surface area contributed by atoms with E-state index in [0.29, 0.717) is 42.5 Å². The van der Waals surface area contributed by atoms with Crippen molar-refractivity contribution in [3.05, 3.63) is 0 Å². The first-order chi connectivity index (χ1) is 16.3. The summed E-state index contributed by atoms with van der Waals surface area (Å²) < 4.78 is 5.68. The van der Waals surface area contributed by atoms with E-state index in [1.165, 1.54) is 137 Å². The van der Waals surface area contributed by atoms with Crippen LogP contribution in [0.4, 0.5) is 4.79 Å². The minimum Gasteiger partial charge on any atom is -0.297 e. The van der Waals surface area contributed by atoms with Crippen molar-refractivity contribution >= 4 is 14.6 Å². The summed E-state index contributed by atoms with van der Waals surface area (Å²) in [5, 5.41) is 0. The molecule has 5 fully saturated rings. The largest absolute Gasteiger partial charge is 0.327 e. The Labute approximate surface area is 203 Å². The van der Waals surface area contributed by atoms with Crippen LogP contribution in [0.1, 0.15) is 128 Å². The SMILES string of the molecule is O=C1N(C2CCCCC2)C2C(N1C1CCCCC1)[N+](C1CCCCC1)=PN2C1CCCCC1. The number of fused-ring (bicyclic) bond motifs is 1. The van der Waals surface area contributed by atoms with Gasteiger partial charge < -0.3 is 0 Å². The van der Waals surface area contributed by atoms with Crippen molar-refractivity contribution in [1.29, 1.82) is 0 Å². The van der Waals surface area contributed by atoms with Crippen LogP contribution in [0.2, 0.25) is 0 Å². The van der Waals surface area contributed by atoms with Crippen LogP contribution < -0.4 is 0 Å². The molecule has 2 amide bonds. The molecule has 6 rings (SSSR count). The summed E-state index contributed by atoms with van der Waals surface area (Å²) in [6.07, 6.45) is 27.1. The zero-order chi connectivity index (χ0) is 22.2. The highest BCUT2D eigenvalue weighted by Crippen LogP contribution is 2.48. The van der Waals surface area contributed by atoms with Gasteiger partial charge >= 0.3 is 14.6 Å². The third kappa shape index (κ3) is 4.28. The van der Waals surface area contributed by atoms with Gasteiger partial charge in [-0.25, -0.2) is 4.79 Å². The maximum Gasteiger partial charge on any atom is 0.327 e. The Morgan fingerprint density at radius 2 is 1.03 bits per heavy atom. The second-order valence-electron chi connectivity index (χ2n) is 11.9. The van der Waals surface area contributed by atoms with Gasteiger partial charge in [0.2, 0.25) is 0 Å². The van der Waals surface area contributed by atoms with E-state index < -0.39 is 0 Å². The third-order valence-corrected chi connectivity index (χ3v) is 11.4. The average Bonchev–Trinajstić information content (AvgIpc) is 3.40. The van der Waals surface area contributed by atoms with Gasteiger partial charge in [0.05, 0.1) is 0 Å². The first-order valence-corrected chi connectivity index (χ1v) is 15.5. The van der Waals surface area contributed by atoms with Crippen molar-refractivity contribution < 1.29 is 9.12 Å². The number of amides is 2. The molecule has 1 saturated heterocycles. The van der Waals surface area contributed by atoms with E-state index in [-0.39, 0.29) is 0 Å². The predicted octanol–water partition coefficient (Wildman–Crippen LogP) is 7.08. The lowest BCUT2D eigenvalue weighted by atomic mass is 9.92. The van der Waals surface area contributed by atoms with E-state index >= 15 is 0 Å². The second-order valence-corrected chi connectivity index (χ2v) is 13.0. The molecule has 4 saturated carbocycles. The van der Waals surface area contributed by atoms with E-state index in [4.69, 9.17) is 0 Å². The molecule has 6 aliphatic rings. The molecule has 4 aliphatic carbocycles.